The fourth-order valence-corrected chi connectivity index (χ4v) is 10.8. The molecule has 0 radical (unpaired) electrons. The van der Waals surface area contributed by atoms with Crippen molar-refractivity contribution in [3.05, 3.63) is 214 Å². The van der Waals surface area contributed by atoms with E-state index < -0.39 is 0 Å². The molecule has 0 fully saturated rings. The molecule has 1 unspecified atom stereocenters. The van der Waals surface area contributed by atoms with Crippen LogP contribution in [0.5, 0.6) is 0 Å². The van der Waals surface area contributed by atoms with Crippen LogP contribution in [0.15, 0.2) is 190 Å². The Morgan fingerprint density at radius 3 is 2.21 bits per heavy atom. The average molecular weight is 822 g/mol. The van der Waals surface area contributed by atoms with Crippen molar-refractivity contribution in [2.45, 2.75) is 59.3 Å². The number of thiophene rings is 1. The Morgan fingerprint density at radius 1 is 0.726 bits per heavy atom. The molecule has 1 atom stereocenters. The molecule has 3 heteroatoms. The lowest BCUT2D eigenvalue weighted by Crippen LogP contribution is -2.14. The van der Waals surface area contributed by atoms with Crippen LogP contribution in [0.3, 0.4) is 0 Å². The zero-order valence-corrected chi connectivity index (χ0v) is 36.6. The highest BCUT2D eigenvalue weighted by molar-refractivity contribution is 7.19. The molecule has 10 rings (SSSR count). The molecular formula is C59H51NOS. The van der Waals surface area contributed by atoms with E-state index in [1.807, 2.05) is 11.3 Å². The number of hydrogen-bond acceptors (Lipinski definition) is 3. The Hall–Kier alpha value is -6.55. The predicted octanol–water partition coefficient (Wildman–Crippen LogP) is 17.0. The topological polar surface area (TPSA) is 25.5 Å². The number of unbranched alkanes of at least 4 members (excludes halogenated alkanes) is 1. The highest BCUT2D eigenvalue weighted by atomic mass is 32.1. The zero-order valence-electron chi connectivity index (χ0n) is 35.8. The summed E-state index contributed by atoms with van der Waals surface area (Å²) in [6.45, 7) is 6.82. The van der Waals surface area contributed by atoms with Gasteiger partial charge < -0.3 is 4.42 Å². The van der Waals surface area contributed by atoms with E-state index in [-0.39, 0.29) is 5.92 Å². The second kappa shape index (κ2) is 17.4. The van der Waals surface area contributed by atoms with E-state index in [0.29, 0.717) is 0 Å². The first-order chi connectivity index (χ1) is 30.6. The Kier molecular flexibility index (Phi) is 11.1. The number of nitrogens with zero attached hydrogens (tertiary/aromatic N) is 1. The summed E-state index contributed by atoms with van der Waals surface area (Å²) in [5.74, 6) is 0.248. The van der Waals surface area contributed by atoms with Gasteiger partial charge in [-0.15, -0.1) is 11.3 Å². The predicted molar refractivity (Wildman–Crippen MR) is 268 cm³/mol. The minimum Gasteiger partial charge on any atom is -0.456 e. The van der Waals surface area contributed by atoms with Gasteiger partial charge in [-0.3, -0.25) is 0 Å². The standard InChI is InChI=1S/C59H51NOS/c1-4-6-28-53(43-33-31-41(32-34-43)40-20-10-7-11-21-40)60-59(44-24-14-9-15-25-44)46(5-2)39(3)49-35-45(36-55-58(49)48-27-16-18-29-54(48)61-55)50-37-52-47-26-17-19-30-56(47)62-57(52)38-51(50)42-22-12-8-13-23-42/h7,9-12,14-37,51H,4-6,8,13,38H2,1-3H3/b46-39+,53-28+,60-59+. The normalized spacial score (nSPS) is 16.1. The molecule has 2 heterocycles. The Balaban J connectivity index is 1.19. The number of para-hydroxylation sites is 1. The van der Waals surface area contributed by atoms with E-state index in [1.54, 1.807) is 0 Å². The third-order valence-corrected chi connectivity index (χ3v) is 13.9. The molecule has 2 aromatic heterocycles. The summed E-state index contributed by atoms with van der Waals surface area (Å²) in [5, 5.41) is 3.64. The molecule has 0 N–H and O–H groups in total. The van der Waals surface area contributed by atoms with Crippen LogP contribution in [0.2, 0.25) is 0 Å². The molecule has 2 nitrogen and oxygen atoms in total. The number of allylic oxidation sites excluding steroid dienone is 8. The van der Waals surface area contributed by atoms with Crippen LogP contribution in [0.4, 0.5) is 0 Å². The number of benzene rings is 6. The van der Waals surface area contributed by atoms with Crippen LogP contribution in [-0.2, 0) is 6.42 Å². The van der Waals surface area contributed by atoms with E-state index >= 15 is 0 Å². The molecular weight excluding hydrogens is 771 g/mol. The van der Waals surface area contributed by atoms with E-state index in [0.717, 1.165) is 83.0 Å². The lowest BCUT2D eigenvalue weighted by atomic mass is 9.76. The van der Waals surface area contributed by atoms with Gasteiger partial charge in [-0.05, 0) is 130 Å². The van der Waals surface area contributed by atoms with Gasteiger partial charge in [-0.25, -0.2) is 4.99 Å². The maximum absolute atomic E-state index is 6.83. The molecule has 62 heavy (non-hydrogen) atoms. The summed E-state index contributed by atoms with van der Waals surface area (Å²) < 4.78 is 8.19. The van der Waals surface area contributed by atoms with E-state index in [4.69, 9.17) is 9.41 Å². The van der Waals surface area contributed by atoms with Crippen molar-refractivity contribution < 1.29 is 4.42 Å². The molecule has 0 saturated carbocycles. The minimum absolute atomic E-state index is 0.248. The SMILES string of the molecule is CCC/C=C(/N=C(/C(CC)=C(\C)c1cc(C2=Cc3c(sc4ccccc34)CC2C2=CCCC=C2)cc2oc3ccccc3c12)c1ccccc1)c1ccc(-c2ccccc2)cc1. The molecule has 0 aliphatic heterocycles. The molecule has 304 valence electrons. The Labute approximate surface area is 369 Å². The van der Waals surface area contributed by atoms with Gasteiger partial charge in [-0.2, -0.15) is 0 Å². The van der Waals surface area contributed by atoms with Crippen LogP contribution in [-0.4, -0.2) is 5.71 Å². The van der Waals surface area contributed by atoms with Crippen molar-refractivity contribution in [3.63, 3.8) is 0 Å². The lowest BCUT2D eigenvalue weighted by Gasteiger charge is -2.28. The van der Waals surface area contributed by atoms with Crippen molar-refractivity contribution >= 4 is 72.0 Å². The maximum atomic E-state index is 6.83. The van der Waals surface area contributed by atoms with Crippen LogP contribution >= 0.6 is 11.3 Å². The number of hydrogen-bond donors (Lipinski definition) is 0. The van der Waals surface area contributed by atoms with Gasteiger partial charge in [0.25, 0.3) is 0 Å². The molecule has 2 aliphatic rings. The summed E-state index contributed by atoms with van der Waals surface area (Å²) in [6.07, 6.45) is 18.0. The van der Waals surface area contributed by atoms with Crippen molar-refractivity contribution in [1.82, 2.24) is 0 Å². The zero-order chi connectivity index (χ0) is 42.0. The molecule has 2 aliphatic carbocycles. The van der Waals surface area contributed by atoms with Crippen molar-refractivity contribution in [2.75, 3.05) is 0 Å². The lowest BCUT2D eigenvalue weighted by molar-refractivity contribution is 0.668. The smallest absolute Gasteiger partial charge is 0.136 e. The molecule has 0 bridgehead atoms. The quantitative estimate of drug-likeness (QED) is 0.119. The first kappa shape index (κ1) is 39.6. The van der Waals surface area contributed by atoms with Crippen LogP contribution < -0.4 is 0 Å². The highest BCUT2D eigenvalue weighted by Crippen LogP contribution is 2.48. The first-order valence-electron chi connectivity index (χ1n) is 22.3. The van der Waals surface area contributed by atoms with Crippen LogP contribution in [0.1, 0.15) is 85.6 Å². The molecule has 8 aromatic rings. The van der Waals surface area contributed by atoms with Crippen LogP contribution in [0.25, 0.3) is 66.1 Å². The maximum Gasteiger partial charge on any atom is 0.136 e. The number of furan rings is 1. The number of aliphatic imine (C=N–C) groups is 1. The molecule has 0 spiro atoms. The molecule has 0 saturated heterocycles. The van der Waals surface area contributed by atoms with E-state index in [9.17, 15) is 0 Å². The molecule has 6 aromatic carbocycles. The van der Waals surface area contributed by atoms with Gasteiger partial charge in [0.2, 0.25) is 0 Å². The Bertz CT molecular complexity index is 3130. The second-order valence-corrected chi connectivity index (χ2v) is 17.7. The fraction of sp³-hybridized carbons (Fsp3) is 0.169. The first-order valence-corrected chi connectivity index (χ1v) is 23.1. The fourth-order valence-electron chi connectivity index (χ4n) is 9.54. The van der Waals surface area contributed by atoms with E-state index in [2.05, 4.69) is 197 Å². The second-order valence-electron chi connectivity index (χ2n) is 16.6. The van der Waals surface area contributed by atoms with Gasteiger partial charge in [0.15, 0.2) is 0 Å². The summed E-state index contributed by atoms with van der Waals surface area (Å²) in [5.41, 5.74) is 17.5. The summed E-state index contributed by atoms with van der Waals surface area (Å²) in [6, 6.07) is 52.5. The number of fused-ring (bicyclic) bond motifs is 6. The van der Waals surface area contributed by atoms with Gasteiger partial charge >= 0.3 is 0 Å². The minimum atomic E-state index is 0.248. The summed E-state index contributed by atoms with van der Waals surface area (Å²) in [7, 11) is 0. The van der Waals surface area contributed by atoms with Crippen molar-refractivity contribution in [3.8, 4) is 11.1 Å². The highest BCUT2D eigenvalue weighted by Gasteiger charge is 2.29. The monoisotopic (exact) mass is 821 g/mol. The van der Waals surface area contributed by atoms with Crippen molar-refractivity contribution in [1.29, 1.82) is 0 Å². The van der Waals surface area contributed by atoms with Crippen molar-refractivity contribution in [2.24, 2.45) is 10.9 Å². The van der Waals surface area contributed by atoms with Gasteiger partial charge in [-0.1, -0.05) is 166 Å². The van der Waals surface area contributed by atoms with Crippen LogP contribution in [0, 0.1) is 5.92 Å². The summed E-state index contributed by atoms with van der Waals surface area (Å²) >= 11 is 1.95. The Morgan fingerprint density at radius 2 is 1.45 bits per heavy atom. The van der Waals surface area contributed by atoms with Gasteiger partial charge in [0.1, 0.15) is 11.2 Å². The van der Waals surface area contributed by atoms with Gasteiger partial charge in [0.05, 0.1) is 11.4 Å². The molecule has 0 amide bonds. The van der Waals surface area contributed by atoms with E-state index in [1.165, 1.54) is 65.1 Å². The average Bonchev–Trinajstić information content (AvgIpc) is 3.90. The third kappa shape index (κ3) is 7.56. The van der Waals surface area contributed by atoms with Gasteiger partial charge in [0, 0.05) is 31.8 Å². The summed E-state index contributed by atoms with van der Waals surface area (Å²) in [4.78, 5) is 7.18. The third-order valence-electron chi connectivity index (χ3n) is 12.7. The largest absolute Gasteiger partial charge is 0.456 e. The number of rotatable bonds is 11.